The fraction of sp³-hybridized carbons (Fsp3) is 0.857. The normalized spacial score (nSPS) is 25.3. The third-order valence-corrected chi connectivity index (χ3v) is 4.24. The number of halogens is 3. The van der Waals surface area contributed by atoms with Crippen LogP contribution in [0, 0.1) is 5.92 Å². The average molecular weight is 305 g/mol. The first-order valence-corrected chi connectivity index (χ1v) is 7.23. The van der Waals surface area contributed by atoms with Crippen LogP contribution in [0.5, 0.6) is 0 Å². The van der Waals surface area contributed by atoms with Gasteiger partial charge in [0.2, 0.25) is 0 Å². The summed E-state index contributed by atoms with van der Waals surface area (Å²) in [5.41, 5.74) is 0.658. The number of rotatable bonds is 1. The first-order chi connectivity index (χ1) is 9.50. The van der Waals surface area contributed by atoms with Crippen LogP contribution in [0.1, 0.15) is 45.3 Å². The number of hydrogen-bond acceptors (Lipinski definition) is 2. The zero-order valence-corrected chi connectivity index (χ0v) is 13.3. The Morgan fingerprint density at radius 1 is 1.29 bits per heavy atom. The van der Waals surface area contributed by atoms with Crippen LogP contribution in [0.25, 0.3) is 0 Å². The second kappa shape index (κ2) is 5.26. The quantitative estimate of drug-likeness (QED) is 0.744. The summed E-state index contributed by atoms with van der Waals surface area (Å²) < 4.78 is 42.7. The Balaban J connectivity index is 2.36. The molecule has 1 aromatic rings. The molecule has 1 aliphatic heterocycles. The van der Waals surface area contributed by atoms with Gasteiger partial charge in [0.1, 0.15) is 14.1 Å². The van der Waals surface area contributed by atoms with Crippen molar-refractivity contribution in [2.75, 3.05) is 6.54 Å². The third-order valence-electron chi connectivity index (χ3n) is 4.24. The average Bonchev–Trinajstić information content (AvgIpc) is 2.65. The Labute approximate surface area is 123 Å². The standard InChI is InChI=1S/C14H24F3N4/c1-13(2,3)21-7-6-10(14(15,16)17)8-11(21)12-9-19(4)18-20(12)5/h9-11H,6-8H2,1-5H3/q+1/t10-,11+/m1/s1. The highest BCUT2D eigenvalue weighted by Crippen LogP contribution is 2.44. The predicted molar refractivity (Wildman–Crippen MR) is 72.4 cm³/mol. The maximum absolute atomic E-state index is 13.1. The Morgan fingerprint density at radius 3 is 2.33 bits per heavy atom. The molecular weight excluding hydrogens is 281 g/mol. The lowest BCUT2D eigenvalue weighted by Crippen LogP contribution is -2.50. The van der Waals surface area contributed by atoms with E-state index < -0.39 is 12.1 Å². The monoisotopic (exact) mass is 305 g/mol. The fourth-order valence-corrected chi connectivity index (χ4v) is 3.21. The molecule has 0 N–H and O–H groups in total. The third kappa shape index (κ3) is 3.39. The van der Waals surface area contributed by atoms with Crippen LogP contribution in [-0.2, 0) is 14.1 Å². The van der Waals surface area contributed by atoms with Crippen molar-refractivity contribution in [2.45, 2.75) is 51.4 Å². The molecule has 0 saturated carbocycles. The molecule has 120 valence electrons. The van der Waals surface area contributed by atoms with Gasteiger partial charge >= 0.3 is 6.18 Å². The number of piperidine rings is 1. The van der Waals surface area contributed by atoms with Gasteiger partial charge in [0.05, 0.1) is 17.2 Å². The van der Waals surface area contributed by atoms with Gasteiger partial charge in [-0.1, -0.05) is 0 Å². The number of alkyl halides is 3. The van der Waals surface area contributed by atoms with Gasteiger partial charge in [-0.25, -0.2) is 0 Å². The van der Waals surface area contributed by atoms with E-state index in [-0.39, 0.29) is 24.4 Å². The molecule has 4 nitrogen and oxygen atoms in total. The molecule has 0 amide bonds. The van der Waals surface area contributed by atoms with Crippen molar-refractivity contribution in [2.24, 2.45) is 20.0 Å². The fourth-order valence-electron chi connectivity index (χ4n) is 3.21. The van der Waals surface area contributed by atoms with Gasteiger partial charge in [-0.3, -0.25) is 4.90 Å². The molecule has 0 bridgehead atoms. The van der Waals surface area contributed by atoms with Gasteiger partial charge in [0.15, 0.2) is 11.9 Å². The predicted octanol–water partition coefficient (Wildman–Crippen LogP) is 2.36. The molecule has 0 aromatic carbocycles. The van der Waals surface area contributed by atoms with E-state index in [4.69, 9.17) is 0 Å². The molecule has 2 rings (SSSR count). The summed E-state index contributed by atoms with van der Waals surface area (Å²) in [7, 11) is 3.57. The Kier molecular flexibility index (Phi) is 4.08. The largest absolute Gasteiger partial charge is 0.391 e. The van der Waals surface area contributed by atoms with Crippen molar-refractivity contribution in [3.8, 4) is 0 Å². The smallest absolute Gasteiger partial charge is 0.288 e. The first-order valence-electron chi connectivity index (χ1n) is 7.23. The van der Waals surface area contributed by atoms with E-state index in [2.05, 4.69) is 10.1 Å². The highest BCUT2D eigenvalue weighted by atomic mass is 19.4. The van der Waals surface area contributed by atoms with Gasteiger partial charge in [-0.15, -0.1) is 9.36 Å². The first kappa shape index (κ1) is 16.3. The number of aryl methyl sites for hydroxylation is 2. The lowest BCUT2D eigenvalue weighted by Gasteiger charge is -2.45. The molecule has 2 atom stereocenters. The van der Waals surface area contributed by atoms with Crippen molar-refractivity contribution in [3.05, 3.63) is 11.9 Å². The highest BCUT2D eigenvalue weighted by Gasteiger charge is 2.48. The number of aromatic nitrogens is 3. The zero-order valence-electron chi connectivity index (χ0n) is 13.3. The van der Waals surface area contributed by atoms with Crippen molar-refractivity contribution >= 4 is 0 Å². The topological polar surface area (TPSA) is 24.9 Å². The van der Waals surface area contributed by atoms with Gasteiger partial charge in [0.25, 0.3) is 0 Å². The van der Waals surface area contributed by atoms with E-state index in [9.17, 15) is 13.2 Å². The van der Waals surface area contributed by atoms with Crippen LogP contribution in [0.2, 0.25) is 0 Å². The summed E-state index contributed by atoms with van der Waals surface area (Å²) >= 11 is 0. The molecule has 0 radical (unpaired) electrons. The minimum Gasteiger partial charge on any atom is -0.288 e. The van der Waals surface area contributed by atoms with E-state index in [1.54, 1.807) is 23.5 Å². The van der Waals surface area contributed by atoms with E-state index in [0.29, 0.717) is 6.54 Å². The zero-order chi connectivity index (χ0) is 16.0. The molecule has 1 fully saturated rings. The second-order valence-corrected chi connectivity index (χ2v) is 6.88. The van der Waals surface area contributed by atoms with Crippen LogP contribution in [0.4, 0.5) is 13.2 Å². The lowest BCUT2D eigenvalue weighted by atomic mass is 9.85. The van der Waals surface area contributed by atoms with Crippen molar-refractivity contribution in [3.63, 3.8) is 0 Å². The highest BCUT2D eigenvalue weighted by molar-refractivity contribution is 5.05. The minimum atomic E-state index is -4.12. The second-order valence-electron chi connectivity index (χ2n) is 6.88. The summed E-state index contributed by atoms with van der Waals surface area (Å²) in [6, 6.07) is -0.260. The van der Waals surface area contributed by atoms with Gasteiger partial charge in [0, 0.05) is 12.1 Å². The van der Waals surface area contributed by atoms with E-state index in [1.807, 2.05) is 27.0 Å². The van der Waals surface area contributed by atoms with Crippen LogP contribution < -0.4 is 4.68 Å². The molecule has 0 spiro atoms. The summed E-state index contributed by atoms with van der Waals surface area (Å²) in [5, 5.41) is 4.22. The van der Waals surface area contributed by atoms with E-state index in [1.165, 1.54) is 0 Å². The summed E-state index contributed by atoms with van der Waals surface area (Å²) in [5.74, 6) is -1.23. The number of likely N-dealkylation sites (tertiary alicyclic amines) is 1. The van der Waals surface area contributed by atoms with Crippen molar-refractivity contribution in [1.29, 1.82) is 0 Å². The lowest BCUT2D eigenvalue weighted by molar-refractivity contribution is -0.732. The van der Waals surface area contributed by atoms with E-state index >= 15 is 0 Å². The maximum atomic E-state index is 13.1. The molecule has 7 heteroatoms. The molecule has 21 heavy (non-hydrogen) atoms. The molecule has 2 heterocycles. The Hall–Kier alpha value is -1.11. The maximum Gasteiger partial charge on any atom is 0.391 e. The number of hydrogen-bond donors (Lipinski definition) is 0. The summed E-state index contributed by atoms with van der Waals surface area (Å²) in [6.45, 7) is 6.59. The Morgan fingerprint density at radius 2 is 1.90 bits per heavy atom. The van der Waals surface area contributed by atoms with E-state index in [0.717, 1.165) is 5.69 Å². The molecule has 1 aromatic heterocycles. The van der Waals surface area contributed by atoms with Crippen LogP contribution in [0.15, 0.2) is 6.20 Å². The van der Waals surface area contributed by atoms with Gasteiger partial charge < -0.3 is 0 Å². The minimum absolute atomic E-state index is 0.0975. The SMILES string of the molecule is Cn1n[n+](C)cc1[C@@H]1C[C@H](C(F)(F)F)CCN1C(C)(C)C. The van der Waals surface area contributed by atoms with Crippen molar-refractivity contribution in [1.82, 2.24) is 14.8 Å². The summed E-state index contributed by atoms with van der Waals surface area (Å²) in [6.07, 6.45) is -2.04. The Bertz CT molecular complexity index is 501. The summed E-state index contributed by atoms with van der Waals surface area (Å²) in [4.78, 5) is 2.16. The van der Waals surface area contributed by atoms with Crippen LogP contribution in [0.3, 0.4) is 0 Å². The van der Waals surface area contributed by atoms with Crippen LogP contribution >= 0.6 is 0 Å². The number of nitrogens with zero attached hydrogens (tertiary/aromatic N) is 4. The van der Waals surface area contributed by atoms with Gasteiger partial charge in [-0.2, -0.15) is 13.2 Å². The molecular formula is C14H24F3N4+. The molecule has 1 saturated heterocycles. The molecule has 1 aliphatic rings. The molecule has 0 aliphatic carbocycles. The van der Waals surface area contributed by atoms with Crippen LogP contribution in [-0.4, -0.2) is 33.1 Å². The molecule has 0 unspecified atom stereocenters. The van der Waals surface area contributed by atoms with Crippen molar-refractivity contribution < 1.29 is 17.9 Å². The van der Waals surface area contributed by atoms with Gasteiger partial charge in [-0.05, 0) is 33.6 Å².